The van der Waals surface area contributed by atoms with E-state index in [-0.39, 0.29) is 17.7 Å². The van der Waals surface area contributed by atoms with Gasteiger partial charge in [0.05, 0.1) is 11.7 Å². The van der Waals surface area contributed by atoms with E-state index in [4.69, 9.17) is 5.11 Å². The minimum Gasteiger partial charge on any atom is -0.481 e. The van der Waals surface area contributed by atoms with E-state index in [0.717, 1.165) is 12.8 Å². The summed E-state index contributed by atoms with van der Waals surface area (Å²) in [6.45, 7) is 4.13. The van der Waals surface area contributed by atoms with Gasteiger partial charge in [0, 0.05) is 18.8 Å². The maximum Gasteiger partial charge on any atom is 0.306 e. The van der Waals surface area contributed by atoms with Crippen LogP contribution in [-0.4, -0.2) is 44.1 Å². The van der Waals surface area contributed by atoms with Gasteiger partial charge >= 0.3 is 5.97 Å². The molecule has 0 aliphatic rings. The second-order valence-corrected chi connectivity index (χ2v) is 6.91. The number of nitrogens with one attached hydrogen (secondary N) is 1. The van der Waals surface area contributed by atoms with Crippen molar-refractivity contribution < 1.29 is 18.3 Å². The summed E-state index contributed by atoms with van der Waals surface area (Å²) in [7, 11) is -2.91. The Morgan fingerprint density at radius 2 is 1.88 bits per heavy atom. The predicted octanol–water partition coefficient (Wildman–Crippen LogP) is 0.900. The van der Waals surface area contributed by atoms with Gasteiger partial charge < -0.3 is 10.4 Å². The van der Waals surface area contributed by atoms with Crippen molar-refractivity contribution in [3.8, 4) is 0 Å². The first kappa shape index (κ1) is 16.4. The molecule has 2 N–H and O–H groups in total. The largest absolute Gasteiger partial charge is 0.481 e. The van der Waals surface area contributed by atoms with Gasteiger partial charge in [0.25, 0.3) is 0 Å². The average Bonchev–Trinajstić information content (AvgIpc) is 2.15. The molecule has 0 saturated heterocycles. The highest BCUT2D eigenvalue weighted by Crippen LogP contribution is 2.09. The van der Waals surface area contributed by atoms with Crippen LogP contribution in [0, 0.1) is 5.92 Å². The summed E-state index contributed by atoms with van der Waals surface area (Å²) in [5.41, 5.74) is 0. The lowest BCUT2D eigenvalue weighted by atomic mass is 10.0. The van der Waals surface area contributed by atoms with E-state index in [1.165, 1.54) is 6.26 Å². The molecule has 0 amide bonds. The molecule has 0 saturated carbocycles. The first-order valence-corrected chi connectivity index (χ1v) is 7.92. The van der Waals surface area contributed by atoms with Crippen LogP contribution >= 0.6 is 0 Å². The van der Waals surface area contributed by atoms with Crippen LogP contribution in [0.5, 0.6) is 0 Å². The molecule has 102 valence electrons. The minimum atomic E-state index is -2.91. The van der Waals surface area contributed by atoms with Crippen LogP contribution in [0.4, 0.5) is 0 Å². The quantitative estimate of drug-likeness (QED) is 0.647. The molecular formula is C11H23NO4S. The maximum atomic E-state index is 10.9. The summed E-state index contributed by atoms with van der Waals surface area (Å²) in [6, 6.07) is 0.220. The van der Waals surface area contributed by atoms with E-state index in [2.05, 4.69) is 5.32 Å². The summed E-state index contributed by atoms with van der Waals surface area (Å²) in [4.78, 5) is 10.6. The molecule has 2 unspecified atom stereocenters. The molecular weight excluding hydrogens is 242 g/mol. The summed E-state index contributed by atoms with van der Waals surface area (Å²) in [5, 5.41) is 11.8. The van der Waals surface area contributed by atoms with Crippen molar-refractivity contribution in [2.75, 3.05) is 18.6 Å². The van der Waals surface area contributed by atoms with E-state index >= 15 is 0 Å². The first-order valence-electron chi connectivity index (χ1n) is 5.86. The second-order valence-electron chi connectivity index (χ2n) is 4.66. The third-order valence-corrected chi connectivity index (χ3v) is 3.61. The Bertz CT molecular complexity index is 326. The van der Waals surface area contributed by atoms with Crippen molar-refractivity contribution in [2.45, 2.75) is 39.2 Å². The molecule has 0 bridgehead atoms. The molecule has 0 aliphatic carbocycles. The van der Waals surface area contributed by atoms with E-state index in [0.29, 0.717) is 13.0 Å². The fourth-order valence-electron chi connectivity index (χ4n) is 1.45. The Morgan fingerprint density at radius 1 is 1.29 bits per heavy atom. The van der Waals surface area contributed by atoms with Crippen molar-refractivity contribution in [1.82, 2.24) is 5.32 Å². The van der Waals surface area contributed by atoms with Crippen molar-refractivity contribution in [3.63, 3.8) is 0 Å². The molecule has 0 aromatic rings. The molecule has 0 spiro atoms. The minimum absolute atomic E-state index is 0.142. The molecule has 0 radical (unpaired) electrons. The van der Waals surface area contributed by atoms with Gasteiger partial charge in [-0.05, 0) is 19.8 Å². The van der Waals surface area contributed by atoms with E-state index in [9.17, 15) is 13.2 Å². The third kappa shape index (κ3) is 10.3. The molecule has 0 rings (SSSR count). The lowest BCUT2D eigenvalue weighted by Gasteiger charge is -2.14. The van der Waals surface area contributed by atoms with Gasteiger partial charge in [-0.2, -0.15) is 0 Å². The first-order chi connectivity index (χ1) is 7.72. The highest BCUT2D eigenvalue weighted by atomic mass is 32.2. The van der Waals surface area contributed by atoms with Crippen LogP contribution < -0.4 is 5.32 Å². The maximum absolute atomic E-state index is 10.9. The Labute approximate surface area is 104 Å². The molecule has 0 aliphatic heterocycles. The van der Waals surface area contributed by atoms with E-state index in [1.807, 2.05) is 6.92 Å². The number of carboxylic acid groups (broad SMARTS) is 1. The monoisotopic (exact) mass is 265 g/mol. The van der Waals surface area contributed by atoms with Gasteiger partial charge in [-0.3, -0.25) is 4.79 Å². The van der Waals surface area contributed by atoms with Crippen LogP contribution in [0.1, 0.15) is 33.1 Å². The topological polar surface area (TPSA) is 83.5 Å². The summed E-state index contributed by atoms with van der Waals surface area (Å²) in [5.74, 6) is -0.927. The third-order valence-electron chi connectivity index (χ3n) is 2.66. The second kappa shape index (κ2) is 7.66. The number of rotatable bonds is 9. The van der Waals surface area contributed by atoms with Crippen molar-refractivity contribution >= 4 is 15.8 Å². The fourth-order valence-corrected chi connectivity index (χ4v) is 1.94. The Hall–Kier alpha value is -0.620. The van der Waals surface area contributed by atoms with Gasteiger partial charge in [0.15, 0.2) is 0 Å². The Balaban J connectivity index is 3.60. The van der Waals surface area contributed by atoms with Crippen molar-refractivity contribution in [3.05, 3.63) is 0 Å². The fraction of sp³-hybridized carbons (Fsp3) is 0.909. The number of carbonyl (C=O) groups is 1. The Morgan fingerprint density at radius 3 is 2.35 bits per heavy atom. The van der Waals surface area contributed by atoms with E-state index < -0.39 is 15.8 Å². The van der Waals surface area contributed by atoms with Gasteiger partial charge in [0.1, 0.15) is 9.84 Å². The number of carboxylic acids is 1. The van der Waals surface area contributed by atoms with Crippen molar-refractivity contribution in [1.29, 1.82) is 0 Å². The molecule has 5 nitrogen and oxygen atoms in total. The highest BCUT2D eigenvalue weighted by Gasteiger charge is 2.11. The molecule has 0 heterocycles. The molecule has 6 heteroatoms. The summed E-state index contributed by atoms with van der Waals surface area (Å²) >= 11 is 0. The number of sulfone groups is 1. The van der Waals surface area contributed by atoms with Crippen LogP contribution in [0.25, 0.3) is 0 Å². The van der Waals surface area contributed by atoms with Crippen LogP contribution in [0.15, 0.2) is 0 Å². The standard InChI is InChI=1S/C11H23NO4S/c1-9(11(13)14)5-4-6-10(2)12-7-8-17(3,15)16/h9-10,12H,4-8H2,1-3H3,(H,13,14). The Kier molecular flexibility index (Phi) is 7.38. The molecule has 0 fully saturated rings. The van der Waals surface area contributed by atoms with Crippen LogP contribution in [0.3, 0.4) is 0 Å². The van der Waals surface area contributed by atoms with Crippen molar-refractivity contribution in [2.24, 2.45) is 5.92 Å². The van der Waals surface area contributed by atoms with Gasteiger partial charge in [0.2, 0.25) is 0 Å². The molecule has 0 aromatic carbocycles. The normalized spacial score (nSPS) is 15.5. The summed E-state index contributed by atoms with van der Waals surface area (Å²) in [6.07, 6.45) is 3.57. The van der Waals surface area contributed by atoms with Crippen LogP contribution in [0.2, 0.25) is 0 Å². The number of hydrogen-bond donors (Lipinski definition) is 2. The van der Waals surface area contributed by atoms with Gasteiger partial charge in [-0.1, -0.05) is 13.3 Å². The predicted molar refractivity (Wildman–Crippen MR) is 67.8 cm³/mol. The van der Waals surface area contributed by atoms with Crippen LogP contribution in [-0.2, 0) is 14.6 Å². The zero-order chi connectivity index (χ0) is 13.5. The lowest BCUT2D eigenvalue weighted by Crippen LogP contribution is -2.30. The lowest BCUT2D eigenvalue weighted by molar-refractivity contribution is -0.141. The zero-order valence-electron chi connectivity index (χ0n) is 10.8. The number of hydrogen-bond acceptors (Lipinski definition) is 4. The molecule has 0 aromatic heterocycles. The highest BCUT2D eigenvalue weighted by molar-refractivity contribution is 7.90. The SMILES string of the molecule is CC(CCCC(C)C(=O)O)NCCS(C)(=O)=O. The molecule has 2 atom stereocenters. The van der Waals surface area contributed by atoms with Gasteiger partial charge in [-0.25, -0.2) is 8.42 Å². The zero-order valence-corrected chi connectivity index (χ0v) is 11.6. The van der Waals surface area contributed by atoms with E-state index in [1.54, 1.807) is 6.92 Å². The number of aliphatic carboxylic acids is 1. The molecule has 17 heavy (non-hydrogen) atoms. The average molecular weight is 265 g/mol. The van der Waals surface area contributed by atoms with Gasteiger partial charge in [-0.15, -0.1) is 0 Å². The smallest absolute Gasteiger partial charge is 0.306 e. The summed E-state index contributed by atoms with van der Waals surface area (Å²) < 4.78 is 21.8.